The van der Waals surface area contributed by atoms with Crippen molar-refractivity contribution in [3.8, 4) is 0 Å². The van der Waals surface area contributed by atoms with Gasteiger partial charge < -0.3 is 9.26 Å². The minimum atomic E-state index is -0.954. The molecule has 0 fully saturated rings. The lowest BCUT2D eigenvalue weighted by atomic mass is 10.1. The van der Waals surface area contributed by atoms with Gasteiger partial charge in [0, 0.05) is 22.8 Å². The number of rotatable bonds is 5. The average molecular weight is 294 g/mol. The maximum atomic E-state index is 11.9. The summed E-state index contributed by atoms with van der Waals surface area (Å²) < 4.78 is 21.1. The van der Waals surface area contributed by atoms with Gasteiger partial charge >= 0.3 is 5.97 Å². The van der Waals surface area contributed by atoms with Gasteiger partial charge in [-0.1, -0.05) is 17.3 Å². The van der Waals surface area contributed by atoms with Crippen LogP contribution in [0.25, 0.3) is 0 Å². The van der Waals surface area contributed by atoms with Crippen LogP contribution in [0.5, 0.6) is 0 Å². The SMILES string of the molecule is Cc1noc(COC(=O)c2cccc(CS(C)=O)c2)n1. The van der Waals surface area contributed by atoms with Gasteiger partial charge in [-0.25, -0.2) is 4.79 Å². The molecule has 6 nitrogen and oxygen atoms in total. The number of aryl methyl sites for hydroxylation is 1. The van der Waals surface area contributed by atoms with E-state index in [0.29, 0.717) is 17.1 Å². The van der Waals surface area contributed by atoms with Crippen molar-refractivity contribution in [3.63, 3.8) is 0 Å². The van der Waals surface area contributed by atoms with Gasteiger partial charge in [0.05, 0.1) is 5.56 Å². The first kappa shape index (κ1) is 14.4. The van der Waals surface area contributed by atoms with Crippen molar-refractivity contribution in [1.82, 2.24) is 10.1 Å². The lowest BCUT2D eigenvalue weighted by Gasteiger charge is -2.04. The molecule has 0 saturated carbocycles. The first-order valence-corrected chi connectivity index (χ1v) is 7.62. The first-order chi connectivity index (χ1) is 9.54. The summed E-state index contributed by atoms with van der Waals surface area (Å²) >= 11 is 0. The maximum absolute atomic E-state index is 11.9. The molecule has 1 aromatic carbocycles. The van der Waals surface area contributed by atoms with Crippen LogP contribution in [-0.4, -0.2) is 26.6 Å². The highest BCUT2D eigenvalue weighted by Gasteiger charge is 2.11. The third-order valence-electron chi connectivity index (χ3n) is 2.43. The highest BCUT2D eigenvalue weighted by Crippen LogP contribution is 2.10. The number of ether oxygens (including phenoxy) is 1. The minimum absolute atomic E-state index is 0.0659. The molecule has 0 N–H and O–H groups in total. The number of nitrogens with zero attached hydrogens (tertiary/aromatic N) is 2. The van der Waals surface area contributed by atoms with Gasteiger partial charge in [-0.3, -0.25) is 4.21 Å². The van der Waals surface area contributed by atoms with Gasteiger partial charge in [0.1, 0.15) is 0 Å². The van der Waals surface area contributed by atoms with E-state index in [-0.39, 0.29) is 12.5 Å². The zero-order chi connectivity index (χ0) is 14.5. The van der Waals surface area contributed by atoms with Crippen molar-refractivity contribution >= 4 is 16.8 Å². The summed E-state index contributed by atoms with van der Waals surface area (Å²) in [5.74, 6) is 0.666. The molecule has 0 radical (unpaired) electrons. The molecule has 1 atom stereocenters. The molecule has 0 amide bonds. The third kappa shape index (κ3) is 3.99. The number of carbonyl (C=O) groups is 1. The number of esters is 1. The van der Waals surface area contributed by atoms with E-state index >= 15 is 0 Å². The van der Waals surface area contributed by atoms with Crippen LogP contribution in [0.4, 0.5) is 0 Å². The smallest absolute Gasteiger partial charge is 0.338 e. The molecule has 106 valence electrons. The molecule has 0 aliphatic carbocycles. The van der Waals surface area contributed by atoms with E-state index in [4.69, 9.17) is 9.26 Å². The minimum Gasteiger partial charge on any atom is -0.452 e. The van der Waals surface area contributed by atoms with Crippen LogP contribution in [0, 0.1) is 6.92 Å². The molecule has 7 heteroatoms. The Morgan fingerprint density at radius 1 is 1.45 bits per heavy atom. The Labute approximate surface area is 118 Å². The molecule has 0 aliphatic heterocycles. The Bertz CT molecular complexity index is 639. The van der Waals surface area contributed by atoms with E-state index in [1.54, 1.807) is 31.4 Å². The summed E-state index contributed by atoms with van der Waals surface area (Å²) in [6.45, 7) is 1.62. The van der Waals surface area contributed by atoms with E-state index in [2.05, 4.69) is 10.1 Å². The van der Waals surface area contributed by atoms with Crippen LogP contribution in [0.15, 0.2) is 28.8 Å². The standard InChI is InChI=1S/C13H14N2O4S/c1-9-14-12(19-15-9)7-18-13(16)11-5-3-4-10(6-11)8-20(2)17/h3-6H,7-8H2,1-2H3. The summed E-state index contributed by atoms with van der Waals surface area (Å²) in [6.07, 6.45) is 1.61. The summed E-state index contributed by atoms with van der Waals surface area (Å²) in [7, 11) is -0.954. The number of hydrogen-bond donors (Lipinski definition) is 0. The van der Waals surface area contributed by atoms with Crippen LogP contribution in [0.1, 0.15) is 27.6 Å². The molecular formula is C13H14N2O4S. The quantitative estimate of drug-likeness (QED) is 0.779. The summed E-state index contributed by atoms with van der Waals surface area (Å²) in [6, 6.07) is 6.86. The van der Waals surface area contributed by atoms with Gasteiger partial charge in [-0.05, 0) is 24.6 Å². The van der Waals surface area contributed by atoms with Gasteiger partial charge in [0.2, 0.25) is 0 Å². The Balaban J connectivity index is 1.99. The van der Waals surface area contributed by atoms with Gasteiger partial charge in [0.15, 0.2) is 12.4 Å². The van der Waals surface area contributed by atoms with Crippen molar-refractivity contribution < 1.29 is 18.3 Å². The number of carbonyl (C=O) groups excluding carboxylic acids is 1. The molecule has 1 aromatic heterocycles. The second-order valence-electron chi connectivity index (χ2n) is 4.23. The van der Waals surface area contributed by atoms with E-state index in [1.807, 2.05) is 6.07 Å². The topological polar surface area (TPSA) is 82.3 Å². The van der Waals surface area contributed by atoms with Crippen molar-refractivity contribution in [2.24, 2.45) is 0 Å². The molecule has 2 aromatic rings. The molecule has 0 bridgehead atoms. The molecule has 0 aliphatic rings. The second-order valence-corrected chi connectivity index (χ2v) is 5.66. The average Bonchev–Trinajstić information content (AvgIpc) is 2.81. The molecular weight excluding hydrogens is 280 g/mol. The second kappa shape index (κ2) is 6.42. The Kier molecular flexibility index (Phi) is 4.62. The fourth-order valence-corrected chi connectivity index (χ4v) is 2.28. The van der Waals surface area contributed by atoms with Crippen molar-refractivity contribution in [1.29, 1.82) is 0 Å². The van der Waals surface area contributed by atoms with Gasteiger partial charge in [-0.15, -0.1) is 0 Å². The predicted octanol–water partition coefficient (Wildman–Crippen LogP) is 1.61. The van der Waals surface area contributed by atoms with Gasteiger partial charge in [0.25, 0.3) is 5.89 Å². The number of benzene rings is 1. The van der Waals surface area contributed by atoms with Crippen molar-refractivity contribution in [3.05, 3.63) is 47.1 Å². The highest BCUT2D eigenvalue weighted by atomic mass is 32.2. The largest absolute Gasteiger partial charge is 0.452 e. The normalized spacial score (nSPS) is 12.1. The Morgan fingerprint density at radius 3 is 2.90 bits per heavy atom. The molecule has 1 heterocycles. The van der Waals surface area contributed by atoms with Crippen LogP contribution >= 0.6 is 0 Å². The molecule has 20 heavy (non-hydrogen) atoms. The van der Waals surface area contributed by atoms with Crippen LogP contribution < -0.4 is 0 Å². The zero-order valence-electron chi connectivity index (χ0n) is 11.2. The zero-order valence-corrected chi connectivity index (χ0v) is 12.0. The van der Waals surface area contributed by atoms with Crippen LogP contribution in [0.2, 0.25) is 0 Å². The monoisotopic (exact) mass is 294 g/mol. The van der Waals surface area contributed by atoms with Crippen LogP contribution in [0.3, 0.4) is 0 Å². The summed E-state index contributed by atoms with van der Waals surface area (Å²) in [5, 5.41) is 3.60. The van der Waals surface area contributed by atoms with E-state index < -0.39 is 16.8 Å². The Hall–Kier alpha value is -2.02. The van der Waals surface area contributed by atoms with Crippen molar-refractivity contribution in [2.75, 3.05) is 6.26 Å². The van der Waals surface area contributed by atoms with E-state index in [0.717, 1.165) is 5.56 Å². The van der Waals surface area contributed by atoms with Crippen LogP contribution in [-0.2, 0) is 27.9 Å². The summed E-state index contributed by atoms with van der Waals surface area (Å²) in [5.41, 5.74) is 1.23. The van der Waals surface area contributed by atoms with Gasteiger partial charge in [-0.2, -0.15) is 4.98 Å². The number of aromatic nitrogens is 2. The third-order valence-corrected chi connectivity index (χ3v) is 3.17. The van der Waals surface area contributed by atoms with Crippen molar-refractivity contribution in [2.45, 2.75) is 19.3 Å². The molecule has 0 spiro atoms. The van der Waals surface area contributed by atoms with E-state index in [9.17, 15) is 9.00 Å². The lowest BCUT2D eigenvalue weighted by molar-refractivity contribution is 0.0429. The molecule has 2 rings (SSSR count). The predicted molar refractivity (Wildman–Crippen MR) is 72.4 cm³/mol. The number of hydrogen-bond acceptors (Lipinski definition) is 6. The fourth-order valence-electron chi connectivity index (χ4n) is 1.63. The fraction of sp³-hybridized carbons (Fsp3) is 0.308. The molecule has 1 unspecified atom stereocenters. The lowest BCUT2D eigenvalue weighted by Crippen LogP contribution is -2.06. The highest BCUT2D eigenvalue weighted by molar-refractivity contribution is 7.83. The first-order valence-electron chi connectivity index (χ1n) is 5.90. The molecule has 0 saturated heterocycles. The van der Waals surface area contributed by atoms with E-state index in [1.165, 1.54) is 0 Å². The summed E-state index contributed by atoms with van der Waals surface area (Å²) in [4.78, 5) is 15.8. The Morgan fingerprint density at radius 2 is 2.25 bits per heavy atom. The maximum Gasteiger partial charge on any atom is 0.338 e.